The summed E-state index contributed by atoms with van der Waals surface area (Å²) in [6.07, 6.45) is 5.60. The Morgan fingerprint density at radius 2 is 1.90 bits per heavy atom. The fourth-order valence-electron chi connectivity index (χ4n) is 2.61. The van der Waals surface area contributed by atoms with Crippen molar-refractivity contribution in [2.45, 2.75) is 37.6 Å². The van der Waals surface area contributed by atoms with Gasteiger partial charge in [-0.25, -0.2) is 0 Å². The molecule has 0 atom stereocenters. The Kier molecular flexibility index (Phi) is 3.64. The number of aromatic nitrogens is 4. The first-order chi connectivity index (χ1) is 9.77. The summed E-state index contributed by atoms with van der Waals surface area (Å²) < 4.78 is 7.37. The van der Waals surface area contributed by atoms with Crippen LogP contribution in [0.2, 0.25) is 0 Å². The first-order valence-corrected chi connectivity index (χ1v) is 7.02. The maximum absolute atomic E-state index is 6.36. The number of rotatable bonds is 4. The monoisotopic (exact) mass is 273 g/mol. The van der Waals surface area contributed by atoms with E-state index in [1.165, 1.54) is 19.3 Å². The van der Waals surface area contributed by atoms with Crippen molar-refractivity contribution in [3.05, 3.63) is 30.3 Å². The van der Waals surface area contributed by atoms with E-state index in [1.807, 2.05) is 30.3 Å². The van der Waals surface area contributed by atoms with Gasteiger partial charge in [0.25, 0.3) is 0 Å². The summed E-state index contributed by atoms with van der Waals surface area (Å²) in [4.78, 5) is 0. The molecule has 0 aliphatic heterocycles. The lowest BCUT2D eigenvalue weighted by atomic mass is 9.83. The van der Waals surface area contributed by atoms with E-state index in [9.17, 15) is 0 Å². The Balaban J connectivity index is 1.71. The lowest BCUT2D eigenvalue weighted by molar-refractivity contribution is 0.161. The molecule has 6 heteroatoms. The normalized spacial score (nSPS) is 17.9. The summed E-state index contributed by atoms with van der Waals surface area (Å²) in [6.45, 7) is 0.459. The van der Waals surface area contributed by atoms with Gasteiger partial charge >= 0.3 is 6.01 Å². The van der Waals surface area contributed by atoms with Crippen LogP contribution in [0.4, 0.5) is 0 Å². The molecule has 3 rings (SSSR count). The standard InChI is InChI=1S/C14H19N5O/c15-14(9-5-2-6-10-14)11-20-13-16-17-18-19(13)12-7-3-1-4-8-12/h1,3-4,7-8H,2,5-6,9-11,15H2. The van der Waals surface area contributed by atoms with E-state index in [4.69, 9.17) is 10.5 Å². The van der Waals surface area contributed by atoms with Crippen LogP contribution in [-0.2, 0) is 0 Å². The van der Waals surface area contributed by atoms with Crippen molar-refractivity contribution < 1.29 is 4.74 Å². The highest BCUT2D eigenvalue weighted by molar-refractivity contribution is 5.31. The van der Waals surface area contributed by atoms with Crippen LogP contribution < -0.4 is 10.5 Å². The molecule has 106 valence electrons. The summed E-state index contributed by atoms with van der Waals surface area (Å²) in [5, 5.41) is 11.6. The molecule has 1 fully saturated rings. The predicted octanol–water partition coefficient (Wildman–Crippen LogP) is 1.70. The van der Waals surface area contributed by atoms with E-state index < -0.39 is 0 Å². The average molecular weight is 273 g/mol. The molecule has 1 aromatic heterocycles. The molecule has 1 aliphatic carbocycles. The van der Waals surface area contributed by atoms with Crippen molar-refractivity contribution in [3.8, 4) is 11.7 Å². The summed E-state index contributed by atoms with van der Waals surface area (Å²) >= 11 is 0. The van der Waals surface area contributed by atoms with Gasteiger partial charge in [0, 0.05) is 0 Å². The summed E-state index contributed by atoms with van der Waals surface area (Å²) in [5.74, 6) is 0. The van der Waals surface area contributed by atoms with Crippen LogP contribution in [-0.4, -0.2) is 32.4 Å². The largest absolute Gasteiger partial charge is 0.460 e. The molecule has 0 unspecified atom stereocenters. The van der Waals surface area contributed by atoms with E-state index in [2.05, 4.69) is 15.5 Å². The minimum Gasteiger partial charge on any atom is -0.460 e. The second-order valence-corrected chi connectivity index (χ2v) is 5.42. The fraction of sp³-hybridized carbons (Fsp3) is 0.500. The predicted molar refractivity (Wildman–Crippen MR) is 74.7 cm³/mol. The highest BCUT2D eigenvalue weighted by Gasteiger charge is 2.29. The molecule has 0 bridgehead atoms. The lowest BCUT2D eigenvalue weighted by Crippen LogP contribution is -2.47. The minimum atomic E-state index is -0.244. The zero-order valence-electron chi connectivity index (χ0n) is 11.4. The van der Waals surface area contributed by atoms with E-state index >= 15 is 0 Å². The molecule has 0 radical (unpaired) electrons. The van der Waals surface area contributed by atoms with Crippen LogP contribution in [0.25, 0.3) is 5.69 Å². The molecule has 6 nitrogen and oxygen atoms in total. The Morgan fingerprint density at radius 1 is 1.15 bits per heavy atom. The molecular formula is C14H19N5O. The SMILES string of the molecule is NC1(COc2nnnn2-c2ccccc2)CCCCC1. The zero-order valence-corrected chi connectivity index (χ0v) is 11.4. The van der Waals surface area contributed by atoms with Crippen molar-refractivity contribution in [2.75, 3.05) is 6.61 Å². The molecule has 2 N–H and O–H groups in total. The second kappa shape index (κ2) is 5.58. The summed E-state index contributed by atoms with van der Waals surface area (Å²) in [6, 6.07) is 10.1. The van der Waals surface area contributed by atoms with Crippen LogP contribution >= 0.6 is 0 Å². The van der Waals surface area contributed by atoms with Crippen molar-refractivity contribution in [1.29, 1.82) is 0 Å². The molecule has 1 saturated carbocycles. The first kappa shape index (κ1) is 13.1. The number of nitrogens with two attached hydrogens (primary N) is 1. The lowest BCUT2D eigenvalue weighted by Gasteiger charge is -2.32. The highest BCUT2D eigenvalue weighted by Crippen LogP contribution is 2.26. The number of para-hydroxylation sites is 1. The Labute approximate surface area is 117 Å². The number of hydrogen-bond donors (Lipinski definition) is 1. The number of benzene rings is 1. The maximum Gasteiger partial charge on any atom is 0.340 e. The van der Waals surface area contributed by atoms with Crippen molar-refractivity contribution >= 4 is 0 Å². The van der Waals surface area contributed by atoms with Gasteiger partial charge < -0.3 is 10.5 Å². The number of ether oxygens (including phenoxy) is 1. The van der Waals surface area contributed by atoms with Crippen LogP contribution in [0.1, 0.15) is 32.1 Å². The molecule has 1 heterocycles. The van der Waals surface area contributed by atoms with Crippen LogP contribution in [0.5, 0.6) is 6.01 Å². The molecule has 1 aliphatic rings. The average Bonchev–Trinajstić information content (AvgIpc) is 2.95. The first-order valence-electron chi connectivity index (χ1n) is 7.02. The molecule has 2 aromatic rings. The van der Waals surface area contributed by atoms with E-state index in [0.717, 1.165) is 18.5 Å². The van der Waals surface area contributed by atoms with Crippen LogP contribution in [0.15, 0.2) is 30.3 Å². The quantitative estimate of drug-likeness (QED) is 0.917. The Morgan fingerprint density at radius 3 is 2.65 bits per heavy atom. The molecule has 1 aromatic carbocycles. The van der Waals surface area contributed by atoms with Crippen molar-refractivity contribution in [1.82, 2.24) is 20.2 Å². The van der Waals surface area contributed by atoms with Gasteiger partial charge in [0.2, 0.25) is 0 Å². The summed E-state index contributed by atoms with van der Waals surface area (Å²) in [5.41, 5.74) is 6.99. The maximum atomic E-state index is 6.36. The number of hydrogen-bond acceptors (Lipinski definition) is 5. The van der Waals surface area contributed by atoms with Gasteiger partial charge in [-0.15, -0.1) is 0 Å². The van der Waals surface area contributed by atoms with Crippen molar-refractivity contribution in [3.63, 3.8) is 0 Å². The molecule has 20 heavy (non-hydrogen) atoms. The molecule has 0 amide bonds. The smallest absolute Gasteiger partial charge is 0.340 e. The zero-order chi connectivity index (χ0) is 13.8. The highest BCUT2D eigenvalue weighted by atomic mass is 16.5. The van der Waals surface area contributed by atoms with Crippen LogP contribution in [0, 0.1) is 0 Å². The topological polar surface area (TPSA) is 78.8 Å². The van der Waals surface area contributed by atoms with Gasteiger partial charge in [-0.05, 0) is 35.4 Å². The van der Waals surface area contributed by atoms with E-state index in [1.54, 1.807) is 4.68 Å². The molecular weight excluding hydrogens is 254 g/mol. The van der Waals surface area contributed by atoms with Crippen LogP contribution in [0.3, 0.4) is 0 Å². The third-order valence-corrected chi connectivity index (χ3v) is 3.78. The fourth-order valence-corrected chi connectivity index (χ4v) is 2.61. The Bertz CT molecular complexity index is 548. The van der Waals surface area contributed by atoms with Gasteiger partial charge in [0.05, 0.1) is 11.2 Å². The summed E-state index contributed by atoms with van der Waals surface area (Å²) in [7, 11) is 0. The third kappa shape index (κ3) is 2.80. The van der Waals surface area contributed by atoms with Gasteiger partial charge in [0.1, 0.15) is 6.61 Å². The second-order valence-electron chi connectivity index (χ2n) is 5.42. The molecule has 0 spiro atoms. The van der Waals surface area contributed by atoms with Gasteiger partial charge in [-0.3, -0.25) is 0 Å². The molecule has 0 saturated heterocycles. The minimum absolute atomic E-state index is 0.244. The number of nitrogens with zero attached hydrogens (tertiary/aromatic N) is 4. The van der Waals surface area contributed by atoms with Gasteiger partial charge in [0.15, 0.2) is 0 Å². The van der Waals surface area contributed by atoms with Crippen molar-refractivity contribution in [2.24, 2.45) is 5.73 Å². The van der Waals surface area contributed by atoms with E-state index in [-0.39, 0.29) is 5.54 Å². The van der Waals surface area contributed by atoms with Gasteiger partial charge in [-0.1, -0.05) is 42.6 Å². The van der Waals surface area contributed by atoms with Gasteiger partial charge in [-0.2, -0.15) is 4.68 Å². The number of tetrazole rings is 1. The Hall–Kier alpha value is -1.95. The third-order valence-electron chi connectivity index (χ3n) is 3.78. The van der Waals surface area contributed by atoms with E-state index in [0.29, 0.717) is 12.6 Å².